The summed E-state index contributed by atoms with van der Waals surface area (Å²) in [6, 6.07) is 9.24. The van der Waals surface area contributed by atoms with Gasteiger partial charge in [-0.25, -0.2) is 0 Å². The SMILES string of the molecule is COC[C@@H](O)CN1CCCC[C@@H]1c1ccc(C)cc1. The predicted molar refractivity (Wildman–Crippen MR) is 77.2 cm³/mol. The molecule has 0 aromatic heterocycles. The van der Waals surface area contributed by atoms with Crippen molar-refractivity contribution in [2.75, 3.05) is 26.8 Å². The molecule has 1 aliphatic rings. The van der Waals surface area contributed by atoms with Crippen LogP contribution in [0.3, 0.4) is 0 Å². The van der Waals surface area contributed by atoms with E-state index in [-0.39, 0.29) is 0 Å². The molecule has 1 heterocycles. The first-order chi connectivity index (χ1) is 9.20. The van der Waals surface area contributed by atoms with E-state index in [2.05, 4.69) is 36.1 Å². The van der Waals surface area contributed by atoms with E-state index in [9.17, 15) is 5.11 Å². The van der Waals surface area contributed by atoms with Crippen LogP contribution in [0.4, 0.5) is 0 Å². The maximum atomic E-state index is 9.94. The Morgan fingerprint density at radius 1 is 1.32 bits per heavy atom. The van der Waals surface area contributed by atoms with Crippen LogP contribution in [-0.4, -0.2) is 42.9 Å². The van der Waals surface area contributed by atoms with Gasteiger partial charge >= 0.3 is 0 Å². The van der Waals surface area contributed by atoms with Crippen molar-refractivity contribution < 1.29 is 9.84 Å². The van der Waals surface area contributed by atoms with Crippen molar-refractivity contribution in [1.82, 2.24) is 4.90 Å². The Hall–Kier alpha value is -0.900. The lowest BCUT2D eigenvalue weighted by Crippen LogP contribution is -2.40. The molecule has 1 aliphatic heterocycles. The topological polar surface area (TPSA) is 32.7 Å². The molecule has 3 heteroatoms. The van der Waals surface area contributed by atoms with Crippen LogP contribution in [0.2, 0.25) is 0 Å². The summed E-state index contributed by atoms with van der Waals surface area (Å²) < 4.78 is 5.03. The summed E-state index contributed by atoms with van der Waals surface area (Å²) in [6.07, 6.45) is 3.29. The van der Waals surface area contributed by atoms with Gasteiger partial charge in [-0.05, 0) is 31.9 Å². The summed E-state index contributed by atoms with van der Waals surface area (Å²) in [5.74, 6) is 0. The fourth-order valence-electron chi connectivity index (χ4n) is 2.89. The highest BCUT2D eigenvalue weighted by molar-refractivity contribution is 5.24. The lowest BCUT2D eigenvalue weighted by molar-refractivity contribution is 0.0177. The number of β-amino-alcohol motifs (C(OH)–C–C–N with tert-alkyl or cyclic N) is 1. The average molecular weight is 263 g/mol. The van der Waals surface area contributed by atoms with E-state index in [1.807, 2.05) is 0 Å². The maximum absolute atomic E-state index is 9.94. The van der Waals surface area contributed by atoms with E-state index in [1.54, 1.807) is 7.11 Å². The van der Waals surface area contributed by atoms with E-state index in [4.69, 9.17) is 4.74 Å². The van der Waals surface area contributed by atoms with Crippen molar-refractivity contribution in [2.45, 2.75) is 38.3 Å². The van der Waals surface area contributed by atoms with Gasteiger partial charge in [-0.1, -0.05) is 36.2 Å². The van der Waals surface area contributed by atoms with Crippen molar-refractivity contribution in [3.63, 3.8) is 0 Å². The zero-order valence-corrected chi connectivity index (χ0v) is 12.0. The third-order valence-corrected chi connectivity index (χ3v) is 3.88. The first-order valence-corrected chi connectivity index (χ1v) is 7.18. The van der Waals surface area contributed by atoms with Crippen molar-refractivity contribution in [2.24, 2.45) is 0 Å². The van der Waals surface area contributed by atoms with Gasteiger partial charge in [0.05, 0.1) is 12.7 Å². The van der Waals surface area contributed by atoms with E-state index in [0.717, 1.165) is 6.54 Å². The van der Waals surface area contributed by atoms with Gasteiger partial charge in [-0.2, -0.15) is 0 Å². The molecular formula is C16H25NO2. The molecule has 19 heavy (non-hydrogen) atoms. The van der Waals surface area contributed by atoms with Crippen LogP contribution in [0.1, 0.15) is 36.4 Å². The van der Waals surface area contributed by atoms with Crippen molar-refractivity contribution >= 4 is 0 Å². The number of likely N-dealkylation sites (tertiary alicyclic amines) is 1. The Labute approximate surface area is 116 Å². The highest BCUT2D eigenvalue weighted by Crippen LogP contribution is 2.30. The minimum absolute atomic E-state index is 0.393. The van der Waals surface area contributed by atoms with Crippen LogP contribution in [0.15, 0.2) is 24.3 Å². The standard InChI is InChI=1S/C16H25NO2/c1-13-6-8-14(9-7-13)16-5-3-4-10-17(16)11-15(18)12-19-2/h6-9,15-16,18H,3-5,10-12H2,1-2H3/t15-,16+/m0/s1. The number of aliphatic hydroxyl groups excluding tert-OH is 1. The lowest BCUT2D eigenvalue weighted by Gasteiger charge is -2.37. The molecule has 0 aliphatic carbocycles. The monoisotopic (exact) mass is 263 g/mol. The maximum Gasteiger partial charge on any atom is 0.0900 e. The molecule has 0 radical (unpaired) electrons. The fourth-order valence-corrected chi connectivity index (χ4v) is 2.89. The number of benzene rings is 1. The molecule has 106 valence electrons. The average Bonchev–Trinajstić information content (AvgIpc) is 2.41. The van der Waals surface area contributed by atoms with E-state index >= 15 is 0 Å². The normalized spacial score (nSPS) is 22.4. The number of aliphatic hydroxyl groups is 1. The highest BCUT2D eigenvalue weighted by Gasteiger charge is 2.25. The first-order valence-electron chi connectivity index (χ1n) is 7.18. The van der Waals surface area contributed by atoms with E-state index < -0.39 is 6.10 Å². The molecule has 3 nitrogen and oxygen atoms in total. The Bertz CT molecular complexity index is 377. The number of rotatable bonds is 5. The predicted octanol–water partition coefficient (Wildman–Crippen LogP) is 2.53. The smallest absolute Gasteiger partial charge is 0.0900 e. The Morgan fingerprint density at radius 3 is 2.74 bits per heavy atom. The third-order valence-electron chi connectivity index (χ3n) is 3.88. The van der Waals surface area contributed by atoms with E-state index in [1.165, 1.54) is 30.4 Å². The summed E-state index contributed by atoms with van der Waals surface area (Å²) in [6.45, 7) is 4.30. The second kappa shape index (κ2) is 7.04. The van der Waals surface area contributed by atoms with Gasteiger partial charge in [0, 0.05) is 19.7 Å². The molecule has 0 amide bonds. The number of methoxy groups -OCH3 is 1. The molecule has 1 aromatic rings. The van der Waals surface area contributed by atoms with Crippen LogP contribution in [0.25, 0.3) is 0 Å². The van der Waals surface area contributed by atoms with Crippen LogP contribution in [0, 0.1) is 6.92 Å². The largest absolute Gasteiger partial charge is 0.389 e. The Kier molecular flexibility index (Phi) is 5.37. The quantitative estimate of drug-likeness (QED) is 0.886. The molecule has 1 N–H and O–H groups in total. The molecule has 0 unspecified atom stereocenters. The van der Waals surface area contributed by atoms with Crippen LogP contribution >= 0.6 is 0 Å². The molecule has 2 atom stereocenters. The van der Waals surface area contributed by atoms with Gasteiger partial charge in [-0.3, -0.25) is 4.90 Å². The molecule has 1 aromatic carbocycles. The van der Waals surface area contributed by atoms with Crippen molar-refractivity contribution in [3.8, 4) is 0 Å². The number of aryl methyl sites for hydroxylation is 1. The summed E-state index contributed by atoms with van der Waals surface area (Å²) >= 11 is 0. The second-order valence-electron chi connectivity index (χ2n) is 5.53. The van der Waals surface area contributed by atoms with Crippen LogP contribution in [-0.2, 0) is 4.74 Å². The van der Waals surface area contributed by atoms with Crippen molar-refractivity contribution in [1.29, 1.82) is 0 Å². The van der Waals surface area contributed by atoms with Gasteiger partial charge in [0.1, 0.15) is 0 Å². The van der Waals surface area contributed by atoms with Gasteiger partial charge in [0.2, 0.25) is 0 Å². The molecule has 1 fully saturated rings. The lowest BCUT2D eigenvalue weighted by atomic mass is 9.94. The summed E-state index contributed by atoms with van der Waals surface area (Å²) in [5.41, 5.74) is 2.67. The summed E-state index contributed by atoms with van der Waals surface area (Å²) in [4.78, 5) is 2.40. The molecule has 0 saturated carbocycles. The third kappa shape index (κ3) is 4.03. The molecular weight excluding hydrogens is 238 g/mol. The number of ether oxygens (including phenoxy) is 1. The second-order valence-corrected chi connectivity index (χ2v) is 5.53. The van der Waals surface area contributed by atoms with Crippen molar-refractivity contribution in [3.05, 3.63) is 35.4 Å². The van der Waals surface area contributed by atoms with Gasteiger partial charge in [-0.15, -0.1) is 0 Å². The zero-order valence-electron chi connectivity index (χ0n) is 12.0. The Balaban J connectivity index is 2.05. The first kappa shape index (κ1) is 14.5. The van der Waals surface area contributed by atoms with Gasteiger partial charge in [0.25, 0.3) is 0 Å². The molecule has 0 bridgehead atoms. The van der Waals surface area contributed by atoms with Crippen LogP contribution in [0.5, 0.6) is 0 Å². The van der Waals surface area contributed by atoms with Gasteiger partial charge in [0.15, 0.2) is 0 Å². The zero-order chi connectivity index (χ0) is 13.7. The number of piperidine rings is 1. The minimum Gasteiger partial charge on any atom is -0.389 e. The number of nitrogens with zero attached hydrogens (tertiary/aromatic N) is 1. The molecule has 1 saturated heterocycles. The molecule has 2 rings (SSSR count). The fraction of sp³-hybridized carbons (Fsp3) is 0.625. The Morgan fingerprint density at radius 2 is 2.05 bits per heavy atom. The van der Waals surface area contributed by atoms with E-state index in [0.29, 0.717) is 19.2 Å². The highest BCUT2D eigenvalue weighted by atomic mass is 16.5. The minimum atomic E-state index is -0.393. The van der Waals surface area contributed by atoms with Crippen LogP contribution < -0.4 is 0 Å². The number of hydrogen-bond donors (Lipinski definition) is 1. The van der Waals surface area contributed by atoms with Gasteiger partial charge < -0.3 is 9.84 Å². The summed E-state index contributed by atoms with van der Waals surface area (Å²) in [5, 5.41) is 9.94. The summed E-state index contributed by atoms with van der Waals surface area (Å²) in [7, 11) is 1.64. The molecule has 0 spiro atoms. The number of hydrogen-bond acceptors (Lipinski definition) is 3.